The summed E-state index contributed by atoms with van der Waals surface area (Å²) in [7, 11) is 0. The second-order valence-corrected chi connectivity index (χ2v) is 9.93. The van der Waals surface area contributed by atoms with E-state index in [-0.39, 0.29) is 16.8 Å². The maximum atomic E-state index is 13.0. The Balaban J connectivity index is 0.000000318. The topological polar surface area (TPSA) is 115 Å². The van der Waals surface area contributed by atoms with E-state index in [9.17, 15) is 13.6 Å². The largest absolute Gasteiger partial charge is 0.768 e. The monoisotopic (exact) mass is 504 g/mol. The fourth-order valence-electron chi connectivity index (χ4n) is 4.18. The number of amides is 1. The van der Waals surface area contributed by atoms with Crippen LogP contribution in [-0.2, 0) is 22.3 Å². The van der Waals surface area contributed by atoms with Crippen molar-refractivity contribution in [2.24, 2.45) is 0 Å². The average Bonchev–Trinajstić information content (AvgIpc) is 3.37. The number of anilines is 3. The molecule has 0 bridgehead atoms. The third-order valence-electron chi connectivity index (χ3n) is 5.63. The van der Waals surface area contributed by atoms with Gasteiger partial charge in [-0.1, -0.05) is 11.6 Å². The number of nitrogens with two attached hydrogens (primary N) is 1. The van der Waals surface area contributed by atoms with E-state index < -0.39 is 11.1 Å². The molecule has 0 aliphatic carbocycles. The zero-order valence-electron chi connectivity index (χ0n) is 17.9. The first-order chi connectivity index (χ1) is 15.8. The van der Waals surface area contributed by atoms with Gasteiger partial charge in [-0.15, -0.1) is 0 Å². The van der Waals surface area contributed by atoms with Crippen LogP contribution < -0.4 is 15.5 Å². The van der Waals surface area contributed by atoms with Crippen LogP contribution in [-0.4, -0.2) is 43.2 Å². The first kappa shape index (κ1) is 23.6. The van der Waals surface area contributed by atoms with E-state index in [1.54, 1.807) is 17.0 Å². The van der Waals surface area contributed by atoms with Crippen LogP contribution in [0.4, 0.5) is 16.5 Å². The zero-order chi connectivity index (χ0) is 23.5. The summed E-state index contributed by atoms with van der Waals surface area (Å²) in [4.78, 5) is 21.0. The predicted molar refractivity (Wildman–Crippen MR) is 131 cm³/mol. The van der Waals surface area contributed by atoms with Gasteiger partial charge in [0.2, 0.25) is 5.91 Å². The van der Waals surface area contributed by atoms with Gasteiger partial charge in [0.15, 0.2) is 5.13 Å². The van der Waals surface area contributed by atoms with Crippen molar-refractivity contribution in [2.75, 3.05) is 28.6 Å². The molecule has 11 heteroatoms. The zero-order valence-corrected chi connectivity index (χ0v) is 20.3. The number of hydrogen-bond donors (Lipinski definition) is 1. The van der Waals surface area contributed by atoms with Crippen molar-refractivity contribution in [3.8, 4) is 0 Å². The van der Waals surface area contributed by atoms with E-state index in [0.29, 0.717) is 11.7 Å². The molecule has 8 nitrogen and oxygen atoms in total. The lowest BCUT2D eigenvalue weighted by Crippen LogP contribution is -2.44. The van der Waals surface area contributed by atoms with Crippen molar-refractivity contribution in [3.63, 3.8) is 0 Å². The molecule has 2 atom stereocenters. The molecule has 2 aromatic carbocycles. The average molecular weight is 505 g/mol. The summed E-state index contributed by atoms with van der Waals surface area (Å²) < 4.78 is 25.8. The minimum atomic E-state index is -2.26. The molecule has 5 rings (SSSR count). The molecular formula is C22H23ClN5O3S2-. The van der Waals surface area contributed by atoms with Crippen molar-refractivity contribution in [1.82, 2.24) is 9.36 Å². The Kier molecular flexibility index (Phi) is 7.28. The molecule has 1 saturated heterocycles. The number of benzene rings is 2. The van der Waals surface area contributed by atoms with Crippen molar-refractivity contribution in [2.45, 2.75) is 37.1 Å². The minimum Gasteiger partial charge on any atom is -0.768 e. The number of nitrogens with zero attached hydrogens (tertiary/aromatic N) is 4. The molecule has 1 unspecified atom stereocenters. The first-order valence-corrected chi connectivity index (χ1v) is 12.7. The molecule has 3 aromatic rings. The molecular weight excluding hydrogens is 482 g/mol. The molecule has 2 N–H and O–H groups in total. The molecule has 3 heterocycles. The van der Waals surface area contributed by atoms with E-state index in [2.05, 4.69) is 14.3 Å². The summed E-state index contributed by atoms with van der Waals surface area (Å²) in [5, 5.41) is 1.26. The summed E-state index contributed by atoms with van der Waals surface area (Å²) in [5.41, 5.74) is 8.25. The minimum absolute atomic E-state index is 0.0591. The summed E-state index contributed by atoms with van der Waals surface area (Å²) >= 11 is 5.08. The summed E-state index contributed by atoms with van der Waals surface area (Å²) in [6.07, 6.45) is 2.72. The molecule has 0 saturated carbocycles. The van der Waals surface area contributed by atoms with Gasteiger partial charge in [-0.05, 0) is 85.3 Å². The Bertz CT molecular complexity index is 1150. The van der Waals surface area contributed by atoms with Crippen LogP contribution in [0.1, 0.15) is 24.2 Å². The Morgan fingerprint density at radius 2 is 1.97 bits per heavy atom. The van der Waals surface area contributed by atoms with Crippen molar-refractivity contribution in [3.05, 3.63) is 58.9 Å². The van der Waals surface area contributed by atoms with E-state index in [0.717, 1.165) is 48.0 Å². The number of nitrogen functional groups attached to an aromatic ring is 1. The van der Waals surface area contributed by atoms with Crippen LogP contribution >= 0.6 is 23.1 Å². The smallest absolute Gasteiger partial charge is 0.249 e. The Hall–Kier alpha value is -2.53. The van der Waals surface area contributed by atoms with Gasteiger partial charge in [0.05, 0.1) is 0 Å². The summed E-state index contributed by atoms with van der Waals surface area (Å²) in [6, 6.07) is 12.1. The number of halogens is 1. The Morgan fingerprint density at radius 3 is 2.58 bits per heavy atom. The summed E-state index contributed by atoms with van der Waals surface area (Å²) in [5.74, 6) is 0.811. The van der Waals surface area contributed by atoms with E-state index in [4.69, 9.17) is 17.3 Å². The second-order valence-electron chi connectivity index (χ2n) is 7.77. The molecule has 0 spiro atoms. The molecule has 33 heavy (non-hydrogen) atoms. The van der Waals surface area contributed by atoms with Gasteiger partial charge >= 0.3 is 0 Å². The predicted octanol–water partition coefficient (Wildman–Crippen LogP) is 3.56. The summed E-state index contributed by atoms with van der Waals surface area (Å²) in [6.45, 7) is 3.29. The highest BCUT2D eigenvalue weighted by Gasteiger charge is 2.38. The number of carbonyl (C=O) groups is 1. The van der Waals surface area contributed by atoms with Gasteiger partial charge in [0.25, 0.3) is 0 Å². The van der Waals surface area contributed by atoms with E-state index in [1.807, 2.05) is 25.1 Å². The normalized spacial score (nSPS) is 18.5. The van der Waals surface area contributed by atoms with Crippen molar-refractivity contribution < 1.29 is 13.6 Å². The lowest BCUT2D eigenvalue weighted by atomic mass is 9.99. The first-order valence-electron chi connectivity index (χ1n) is 10.4. The molecule has 1 amide bonds. The van der Waals surface area contributed by atoms with Crippen LogP contribution in [0.5, 0.6) is 0 Å². The maximum absolute atomic E-state index is 13.0. The Labute approximate surface area is 203 Å². The van der Waals surface area contributed by atoms with Crippen LogP contribution in [0.2, 0.25) is 5.02 Å². The molecule has 2 aliphatic heterocycles. The highest BCUT2D eigenvalue weighted by molar-refractivity contribution is 7.79. The molecule has 1 aromatic heterocycles. The van der Waals surface area contributed by atoms with Gasteiger partial charge in [-0.3, -0.25) is 9.00 Å². The number of aryl methyl sites for hydroxylation is 2. The van der Waals surface area contributed by atoms with Crippen LogP contribution in [0, 0.1) is 6.92 Å². The Morgan fingerprint density at radius 1 is 1.21 bits per heavy atom. The van der Waals surface area contributed by atoms with Gasteiger partial charge in [0.1, 0.15) is 11.9 Å². The van der Waals surface area contributed by atoms with Gasteiger partial charge in [-0.25, -0.2) is 4.98 Å². The maximum Gasteiger partial charge on any atom is 0.249 e. The highest BCUT2D eigenvalue weighted by atomic mass is 35.5. The fourth-order valence-corrected chi connectivity index (χ4v) is 5.17. The third kappa shape index (κ3) is 5.35. The lowest BCUT2D eigenvalue weighted by Gasteiger charge is -2.35. The number of carbonyl (C=O) groups excluding carboxylic acids is 1. The number of aromatic nitrogens is 2. The SMILES string of the molecule is Cc1nsc(N)n1.O=C1[C@@H](N2CCCc3cc(Cl)ccc32)CCN1c1ccc(S(=O)[O-])cc1. The van der Waals surface area contributed by atoms with Crippen LogP contribution in [0.25, 0.3) is 0 Å². The quantitative estimate of drug-likeness (QED) is 0.542. The second kappa shape index (κ2) is 10.2. The number of hydrogen-bond acceptors (Lipinski definition) is 8. The lowest BCUT2D eigenvalue weighted by molar-refractivity contribution is -0.118. The van der Waals surface area contributed by atoms with Crippen LogP contribution in [0.15, 0.2) is 47.4 Å². The van der Waals surface area contributed by atoms with Crippen molar-refractivity contribution >= 4 is 56.6 Å². The van der Waals surface area contributed by atoms with Crippen molar-refractivity contribution in [1.29, 1.82) is 0 Å². The van der Waals surface area contributed by atoms with Gasteiger partial charge in [-0.2, -0.15) is 4.37 Å². The molecule has 2 aliphatic rings. The number of fused-ring (bicyclic) bond motifs is 1. The molecule has 174 valence electrons. The highest BCUT2D eigenvalue weighted by Crippen LogP contribution is 2.34. The molecule has 1 fully saturated rings. The van der Waals surface area contributed by atoms with E-state index in [1.165, 1.54) is 29.2 Å². The third-order valence-corrected chi connectivity index (χ3v) is 7.16. The van der Waals surface area contributed by atoms with Crippen LogP contribution in [0.3, 0.4) is 0 Å². The van der Waals surface area contributed by atoms with Gasteiger partial charge < -0.3 is 20.1 Å². The van der Waals surface area contributed by atoms with E-state index >= 15 is 0 Å². The fraction of sp³-hybridized carbons (Fsp3) is 0.318. The standard InChI is InChI=1S/C19H19ClN2O3S.C3H5N3S/c20-14-3-8-17-13(12-14)2-1-10-22(17)18-9-11-21(19(18)23)15-4-6-16(7-5-15)26(24)25;1-2-5-3(4)7-6-2/h3-8,12,18H,1-2,9-11H2,(H,24,25);1H3,(H2,4,5,6)/p-1/t18-;/m0./s1. The number of rotatable bonds is 3. The molecule has 0 radical (unpaired) electrons. The van der Waals surface area contributed by atoms with Gasteiger partial charge in [0, 0.05) is 45.9 Å².